The van der Waals surface area contributed by atoms with Crippen molar-refractivity contribution in [1.29, 1.82) is 0 Å². The van der Waals surface area contributed by atoms with Gasteiger partial charge in [0.2, 0.25) is 0 Å². The number of unbranched alkanes of at least 4 members (excludes halogenated alkanes) is 4. The van der Waals surface area contributed by atoms with Crippen LogP contribution in [0.3, 0.4) is 0 Å². The SMILES string of the molecule is CCCCCCCC(C)CC(O)Cc1ccccc1. The molecule has 0 heterocycles. The summed E-state index contributed by atoms with van der Waals surface area (Å²) in [7, 11) is 0. The van der Waals surface area contributed by atoms with E-state index in [0.29, 0.717) is 5.92 Å². The topological polar surface area (TPSA) is 20.2 Å². The highest BCUT2D eigenvalue weighted by molar-refractivity contribution is 5.15. The summed E-state index contributed by atoms with van der Waals surface area (Å²) in [4.78, 5) is 0. The lowest BCUT2D eigenvalue weighted by atomic mass is 9.94. The molecule has 0 aromatic heterocycles. The molecule has 1 heteroatoms. The van der Waals surface area contributed by atoms with Crippen LogP contribution >= 0.6 is 0 Å². The predicted octanol–water partition coefficient (Wildman–Crippen LogP) is 4.98. The van der Waals surface area contributed by atoms with Crippen LogP contribution in [0.5, 0.6) is 0 Å². The second kappa shape index (κ2) is 10.0. The molecule has 0 aliphatic carbocycles. The number of rotatable bonds is 10. The Bertz CT molecular complexity index is 307. The summed E-state index contributed by atoms with van der Waals surface area (Å²) < 4.78 is 0. The van der Waals surface area contributed by atoms with Crippen LogP contribution in [0.4, 0.5) is 0 Å². The average molecular weight is 262 g/mol. The first kappa shape index (κ1) is 16.2. The van der Waals surface area contributed by atoms with E-state index in [0.717, 1.165) is 12.8 Å². The van der Waals surface area contributed by atoms with E-state index in [2.05, 4.69) is 26.0 Å². The van der Waals surface area contributed by atoms with Crippen LogP contribution in [0.2, 0.25) is 0 Å². The van der Waals surface area contributed by atoms with E-state index in [-0.39, 0.29) is 6.10 Å². The molecule has 0 saturated carbocycles. The third-order valence-corrected chi connectivity index (χ3v) is 3.79. The van der Waals surface area contributed by atoms with E-state index in [1.54, 1.807) is 0 Å². The lowest BCUT2D eigenvalue weighted by Crippen LogP contribution is -2.14. The number of aliphatic hydroxyl groups excluding tert-OH is 1. The van der Waals surface area contributed by atoms with Crippen molar-refractivity contribution in [3.8, 4) is 0 Å². The third kappa shape index (κ3) is 8.05. The minimum absolute atomic E-state index is 0.187. The van der Waals surface area contributed by atoms with Gasteiger partial charge in [0.05, 0.1) is 6.10 Å². The van der Waals surface area contributed by atoms with E-state index in [4.69, 9.17) is 0 Å². The lowest BCUT2D eigenvalue weighted by molar-refractivity contribution is 0.143. The van der Waals surface area contributed by atoms with Crippen molar-refractivity contribution in [1.82, 2.24) is 0 Å². The van der Waals surface area contributed by atoms with Crippen molar-refractivity contribution in [3.63, 3.8) is 0 Å². The first-order valence-electron chi connectivity index (χ1n) is 7.94. The predicted molar refractivity (Wildman–Crippen MR) is 83.3 cm³/mol. The minimum Gasteiger partial charge on any atom is -0.393 e. The van der Waals surface area contributed by atoms with Gasteiger partial charge in [-0.05, 0) is 24.3 Å². The van der Waals surface area contributed by atoms with Gasteiger partial charge in [0.15, 0.2) is 0 Å². The number of aliphatic hydroxyl groups is 1. The molecule has 1 N–H and O–H groups in total. The highest BCUT2D eigenvalue weighted by Crippen LogP contribution is 2.18. The molecule has 0 amide bonds. The first-order valence-corrected chi connectivity index (χ1v) is 7.94. The molecule has 0 saturated heterocycles. The maximum absolute atomic E-state index is 10.1. The Morgan fingerprint density at radius 1 is 1.00 bits per heavy atom. The Kier molecular flexibility index (Phi) is 8.57. The zero-order chi connectivity index (χ0) is 13.9. The van der Waals surface area contributed by atoms with Crippen molar-refractivity contribution < 1.29 is 5.11 Å². The van der Waals surface area contributed by atoms with Gasteiger partial charge < -0.3 is 5.11 Å². The summed E-state index contributed by atoms with van der Waals surface area (Å²) in [5.74, 6) is 0.639. The molecular weight excluding hydrogens is 232 g/mol. The molecule has 0 radical (unpaired) electrons. The van der Waals surface area contributed by atoms with Crippen molar-refractivity contribution in [2.24, 2.45) is 5.92 Å². The third-order valence-electron chi connectivity index (χ3n) is 3.79. The molecule has 2 unspecified atom stereocenters. The van der Waals surface area contributed by atoms with Crippen LogP contribution in [-0.4, -0.2) is 11.2 Å². The van der Waals surface area contributed by atoms with E-state index >= 15 is 0 Å². The Morgan fingerprint density at radius 3 is 2.37 bits per heavy atom. The van der Waals surface area contributed by atoms with Gasteiger partial charge >= 0.3 is 0 Å². The van der Waals surface area contributed by atoms with Crippen molar-refractivity contribution in [2.45, 2.75) is 71.3 Å². The van der Waals surface area contributed by atoms with Crippen LogP contribution in [0.1, 0.15) is 64.4 Å². The zero-order valence-electron chi connectivity index (χ0n) is 12.6. The van der Waals surface area contributed by atoms with Crippen molar-refractivity contribution in [3.05, 3.63) is 35.9 Å². The van der Waals surface area contributed by atoms with E-state index in [9.17, 15) is 5.11 Å². The fourth-order valence-electron chi connectivity index (χ4n) is 2.65. The molecule has 108 valence electrons. The Balaban J connectivity index is 2.12. The number of benzene rings is 1. The van der Waals surface area contributed by atoms with Crippen LogP contribution in [0.15, 0.2) is 30.3 Å². The molecule has 19 heavy (non-hydrogen) atoms. The smallest absolute Gasteiger partial charge is 0.0583 e. The fraction of sp³-hybridized carbons (Fsp3) is 0.667. The molecule has 1 aromatic rings. The standard InChI is InChI=1S/C18H30O/c1-3-4-5-6-8-11-16(2)14-18(19)15-17-12-9-7-10-13-17/h7,9-10,12-13,16,18-19H,3-6,8,11,14-15H2,1-2H3. The van der Waals surface area contributed by atoms with Gasteiger partial charge in [0.1, 0.15) is 0 Å². The molecule has 1 rings (SSSR count). The molecule has 1 aromatic carbocycles. The second-order valence-corrected chi connectivity index (χ2v) is 5.89. The van der Waals surface area contributed by atoms with Crippen LogP contribution in [0, 0.1) is 5.92 Å². The van der Waals surface area contributed by atoms with Gasteiger partial charge in [-0.3, -0.25) is 0 Å². The summed E-state index contributed by atoms with van der Waals surface area (Å²) in [5.41, 5.74) is 1.24. The maximum Gasteiger partial charge on any atom is 0.0583 e. The monoisotopic (exact) mass is 262 g/mol. The summed E-state index contributed by atoms with van der Waals surface area (Å²) >= 11 is 0. The van der Waals surface area contributed by atoms with Crippen molar-refractivity contribution in [2.75, 3.05) is 0 Å². The highest BCUT2D eigenvalue weighted by Gasteiger charge is 2.10. The molecular formula is C18H30O. The molecule has 0 spiro atoms. The second-order valence-electron chi connectivity index (χ2n) is 5.89. The largest absolute Gasteiger partial charge is 0.393 e. The number of hydrogen-bond acceptors (Lipinski definition) is 1. The molecule has 0 aliphatic heterocycles. The summed E-state index contributed by atoms with van der Waals surface area (Å²) in [6.07, 6.45) is 9.52. The molecule has 1 nitrogen and oxygen atoms in total. The Hall–Kier alpha value is -0.820. The summed E-state index contributed by atoms with van der Waals surface area (Å²) in [6, 6.07) is 10.3. The van der Waals surface area contributed by atoms with Gasteiger partial charge in [-0.2, -0.15) is 0 Å². The normalized spacial score (nSPS) is 14.3. The average Bonchev–Trinajstić information content (AvgIpc) is 2.39. The zero-order valence-corrected chi connectivity index (χ0v) is 12.6. The molecule has 0 bridgehead atoms. The van der Waals surface area contributed by atoms with Gasteiger partial charge in [0.25, 0.3) is 0 Å². The lowest BCUT2D eigenvalue weighted by Gasteiger charge is -2.16. The van der Waals surface area contributed by atoms with Crippen LogP contribution < -0.4 is 0 Å². The Morgan fingerprint density at radius 2 is 1.68 bits per heavy atom. The highest BCUT2D eigenvalue weighted by atomic mass is 16.3. The Labute approximate surface area is 119 Å². The van der Waals surface area contributed by atoms with Gasteiger partial charge in [-0.1, -0.05) is 82.7 Å². The first-order chi connectivity index (χ1) is 9.22. The van der Waals surface area contributed by atoms with Gasteiger partial charge in [-0.25, -0.2) is 0 Å². The maximum atomic E-state index is 10.1. The minimum atomic E-state index is -0.187. The molecule has 0 aliphatic rings. The van der Waals surface area contributed by atoms with E-state index in [1.165, 1.54) is 44.1 Å². The van der Waals surface area contributed by atoms with Gasteiger partial charge in [-0.15, -0.1) is 0 Å². The number of hydrogen-bond donors (Lipinski definition) is 1. The summed E-state index contributed by atoms with van der Waals surface area (Å²) in [5, 5.41) is 10.1. The molecule has 2 atom stereocenters. The van der Waals surface area contributed by atoms with Crippen molar-refractivity contribution >= 4 is 0 Å². The quantitative estimate of drug-likeness (QED) is 0.590. The van der Waals surface area contributed by atoms with E-state index < -0.39 is 0 Å². The van der Waals surface area contributed by atoms with Gasteiger partial charge in [0, 0.05) is 0 Å². The van der Waals surface area contributed by atoms with E-state index in [1.807, 2.05) is 18.2 Å². The van der Waals surface area contributed by atoms with Crippen LogP contribution in [-0.2, 0) is 6.42 Å². The fourth-order valence-corrected chi connectivity index (χ4v) is 2.65. The van der Waals surface area contributed by atoms with Crippen LogP contribution in [0.25, 0.3) is 0 Å². The molecule has 0 fully saturated rings. The summed E-state index contributed by atoms with van der Waals surface area (Å²) in [6.45, 7) is 4.52.